The lowest BCUT2D eigenvalue weighted by Gasteiger charge is -2.29. The Bertz CT molecular complexity index is 920. The molecule has 160 valence electrons. The Morgan fingerprint density at radius 2 is 1.57 bits per heavy atom. The molecule has 3 nitrogen and oxygen atoms in total. The van der Waals surface area contributed by atoms with Gasteiger partial charge in [-0.25, -0.2) is 0 Å². The molecule has 0 bridgehead atoms. The summed E-state index contributed by atoms with van der Waals surface area (Å²) in [7, 11) is 0. The van der Waals surface area contributed by atoms with Gasteiger partial charge in [0.05, 0.1) is 18.8 Å². The number of benzene rings is 3. The van der Waals surface area contributed by atoms with Gasteiger partial charge in [-0.2, -0.15) is 0 Å². The largest absolute Gasteiger partial charge is 0.389 e. The first kappa shape index (κ1) is 22.5. The molecular formula is C27H35NO2. The smallest absolute Gasteiger partial charge is 0.0898 e. The Morgan fingerprint density at radius 3 is 2.27 bits per heavy atom. The Morgan fingerprint density at radius 1 is 0.900 bits per heavy atom. The van der Waals surface area contributed by atoms with E-state index in [1.165, 1.54) is 16.3 Å². The van der Waals surface area contributed by atoms with Crippen LogP contribution in [-0.2, 0) is 11.2 Å². The predicted molar refractivity (Wildman–Crippen MR) is 126 cm³/mol. The maximum absolute atomic E-state index is 10.5. The van der Waals surface area contributed by atoms with Crippen LogP contribution in [0.1, 0.15) is 44.9 Å². The number of aliphatic hydroxyl groups is 1. The summed E-state index contributed by atoms with van der Waals surface area (Å²) < 4.78 is 6.09. The molecule has 0 radical (unpaired) electrons. The Labute approximate surface area is 181 Å². The Hall–Kier alpha value is -2.20. The summed E-state index contributed by atoms with van der Waals surface area (Å²) in [6, 6.07) is 25.3. The lowest BCUT2D eigenvalue weighted by atomic mass is 9.93. The van der Waals surface area contributed by atoms with Crippen LogP contribution in [-0.4, -0.2) is 29.9 Å². The molecule has 0 saturated heterocycles. The third kappa shape index (κ3) is 6.40. The third-order valence-corrected chi connectivity index (χ3v) is 5.48. The van der Waals surface area contributed by atoms with Gasteiger partial charge >= 0.3 is 0 Å². The number of nitrogens with one attached hydrogen (secondary N) is 1. The summed E-state index contributed by atoms with van der Waals surface area (Å²) in [4.78, 5) is 0. The van der Waals surface area contributed by atoms with Crippen LogP contribution in [0.2, 0.25) is 0 Å². The molecule has 0 heterocycles. The highest BCUT2D eigenvalue weighted by Crippen LogP contribution is 2.25. The van der Waals surface area contributed by atoms with Crippen LogP contribution in [0.25, 0.3) is 10.8 Å². The summed E-state index contributed by atoms with van der Waals surface area (Å²) in [6.45, 7) is 9.47. The minimum absolute atomic E-state index is 0.00791. The van der Waals surface area contributed by atoms with Crippen molar-refractivity contribution in [1.82, 2.24) is 5.32 Å². The molecule has 0 aliphatic heterocycles. The normalized spacial score (nSPS) is 14.2. The Balaban J connectivity index is 1.51. The van der Waals surface area contributed by atoms with E-state index >= 15 is 0 Å². The number of aliphatic hydroxyl groups excluding tert-OH is 1. The van der Waals surface area contributed by atoms with Gasteiger partial charge in [0.25, 0.3) is 0 Å². The van der Waals surface area contributed by atoms with Gasteiger partial charge in [-0.1, -0.05) is 86.6 Å². The topological polar surface area (TPSA) is 41.5 Å². The van der Waals surface area contributed by atoms with E-state index in [9.17, 15) is 5.11 Å². The van der Waals surface area contributed by atoms with Crippen molar-refractivity contribution in [2.75, 3.05) is 13.2 Å². The third-order valence-electron chi connectivity index (χ3n) is 5.48. The molecule has 2 unspecified atom stereocenters. The molecule has 2 N–H and O–H groups in total. The van der Waals surface area contributed by atoms with Crippen molar-refractivity contribution in [3.05, 3.63) is 83.9 Å². The van der Waals surface area contributed by atoms with Gasteiger partial charge in [-0.05, 0) is 48.1 Å². The van der Waals surface area contributed by atoms with Crippen LogP contribution in [0, 0.1) is 5.92 Å². The zero-order valence-electron chi connectivity index (χ0n) is 18.6. The average Bonchev–Trinajstić information content (AvgIpc) is 2.73. The number of fused-ring (bicyclic) bond motifs is 1. The fourth-order valence-electron chi connectivity index (χ4n) is 3.91. The summed E-state index contributed by atoms with van der Waals surface area (Å²) in [5.74, 6) is 0.344. The quantitative estimate of drug-likeness (QED) is 0.466. The predicted octanol–water partition coefficient (Wildman–Crippen LogP) is 5.53. The molecule has 3 heteroatoms. The van der Waals surface area contributed by atoms with Gasteiger partial charge in [-0.15, -0.1) is 0 Å². The molecule has 0 aliphatic carbocycles. The summed E-state index contributed by atoms with van der Waals surface area (Å²) in [6.07, 6.45) is 0.335. The van der Waals surface area contributed by atoms with Crippen LogP contribution in [0.4, 0.5) is 0 Å². The average molecular weight is 406 g/mol. The van der Waals surface area contributed by atoms with Gasteiger partial charge in [0.2, 0.25) is 0 Å². The van der Waals surface area contributed by atoms with Crippen molar-refractivity contribution < 1.29 is 9.84 Å². The molecule has 3 aromatic carbocycles. The highest BCUT2D eigenvalue weighted by atomic mass is 16.5. The second kappa shape index (κ2) is 10.2. The first-order valence-electron chi connectivity index (χ1n) is 10.9. The maximum atomic E-state index is 10.5. The number of β-amino-alcohol motifs (C(OH)–C–C–N with tert-alkyl or cyclic N) is 1. The van der Waals surface area contributed by atoms with Gasteiger partial charge < -0.3 is 15.2 Å². The van der Waals surface area contributed by atoms with Crippen LogP contribution in [0.5, 0.6) is 0 Å². The number of hydrogen-bond acceptors (Lipinski definition) is 3. The zero-order chi connectivity index (χ0) is 21.6. The van der Waals surface area contributed by atoms with Crippen LogP contribution >= 0.6 is 0 Å². The van der Waals surface area contributed by atoms with Crippen LogP contribution < -0.4 is 5.32 Å². The lowest BCUT2D eigenvalue weighted by molar-refractivity contribution is -0.0309. The first-order valence-corrected chi connectivity index (χ1v) is 10.9. The molecule has 0 spiro atoms. The van der Waals surface area contributed by atoms with Crippen molar-refractivity contribution in [2.24, 2.45) is 5.92 Å². The molecule has 0 aromatic heterocycles. The minimum Gasteiger partial charge on any atom is -0.389 e. The van der Waals surface area contributed by atoms with Crippen molar-refractivity contribution in [3.63, 3.8) is 0 Å². The van der Waals surface area contributed by atoms with E-state index in [0.29, 0.717) is 19.1 Å². The highest BCUT2D eigenvalue weighted by molar-refractivity contribution is 5.83. The van der Waals surface area contributed by atoms with Gasteiger partial charge in [0.15, 0.2) is 0 Å². The van der Waals surface area contributed by atoms with Crippen molar-refractivity contribution in [3.8, 4) is 0 Å². The SMILES string of the molecule is CC(C)C(OCC(O)CNC(C)(C)Cc1ccc2ccccc2c1)c1ccccc1. The van der Waals surface area contributed by atoms with Crippen LogP contribution in [0.15, 0.2) is 72.8 Å². The summed E-state index contributed by atoms with van der Waals surface area (Å²) in [5.41, 5.74) is 2.32. The summed E-state index contributed by atoms with van der Waals surface area (Å²) in [5, 5.41) is 16.6. The van der Waals surface area contributed by atoms with Gasteiger partial charge in [0, 0.05) is 12.1 Å². The molecule has 2 atom stereocenters. The molecule has 3 aromatic rings. The number of rotatable bonds is 10. The van der Waals surface area contributed by atoms with Crippen molar-refractivity contribution in [2.45, 2.75) is 51.9 Å². The van der Waals surface area contributed by atoms with E-state index < -0.39 is 6.10 Å². The van der Waals surface area contributed by atoms with E-state index in [-0.39, 0.29) is 11.6 Å². The molecule has 0 saturated carbocycles. The number of hydrogen-bond donors (Lipinski definition) is 2. The molecule has 0 fully saturated rings. The van der Waals surface area contributed by atoms with Gasteiger partial charge in [0.1, 0.15) is 0 Å². The van der Waals surface area contributed by atoms with E-state index in [0.717, 1.165) is 12.0 Å². The standard InChI is InChI=1S/C27H35NO2/c1-20(2)26(23-11-6-5-7-12-23)30-19-25(29)18-28-27(3,4)17-21-14-15-22-10-8-9-13-24(22)16-21/h5-16,20,25-26,28-29H,17-19H2,1-4H3. The minimum atomic E-state index is -0.550. The lowest BCUT2D eigenvalue weighted by Crippen LogP contribution is -2.46. The Kier molecular flexibility index (Phi) is 7.65. The van der Waals surface area contributed by atoms with Gasteiger partial charge in [-0.3, -0.25) is 0 Å². The molecule has 0 amide bonds. The fourth-order valence-corrected chi connectivity index (χ4v) is 3.91. The van der Waals surface area contributed by atoms with E-state index in [1.807, 2.05) is 18.2 Å². The van der Waals surface area contributed by atoms with E-state index in [4.69, 9.17) is 4.74 Å². The fraction of sp³-hybridized carbons (Fsp3) is 0.407. The zero-order valence-corrected chi connectivity index (χ0v) is 18.6. The first-order chi connectivity index (χ1) is 14.3. The molecule has 0 aliphatic rings. The van der Waals surface area contributed by atoms with Crippen LogP contribution in [0.3, 0.4) is 0 Å². The monoisotopic (exact) mass is 405 g/mol. The van der Waals surface area contributed by atoms with E-state index in [2.05, 4.69) is 87.6 Å². The second-order valence-electron chi connectivity index (χ2n) is 9.19. The summed E-state index contributed by atoms with van der Waals surface area (Å²) >= 11 is 0. The van der Waals surface area contributed by atoms with E-state index in [1.54, 1.807) is 0 Å². The molecule has 30 heavy (non-hydrogen) atoms. The second-order valence-corrected chi connectivity index (χ2v) is 9.19. The molecule has 3 rings (SSSR count). The maximum Gasteiger partial charge on any atom is 0.0898 e. The van der Waals surface area contributed by atoms with Crippen molar-refractivity contribution >= 4 is 10.8 Å². The molecular weight excluding hydrogens is 370 g/mol. The number of ether oxygens (including phenoxy) is 1. The van der Waals surface area contributed by atoms with Crippen molar-refractivity contribution in [1.29, 1.82) is 0 Å². The highest BCUT2D eigenvalue weighted by Gasteiger charge is 2.21.